The molecule has 1 aromatic heterocycles. The molecule has 21 heavy (non-hydrogen) atoms. The van der Waals surface area contributed by atoms with E-state index in [9.17, 15) is 19.3 Å². The Balaban J connectivity index is 2.33. The molecule has 2 rings (SSSR count). The molecule has 2 aromatic rings. The smallest absolute Gasteiger partial charge is 0.292 e. The molecule has 0 unspecified atom stereocenters. The Morgan fingerprint density at radius 1 is 1.33 bits per heavy atom. The number of nitro groups is 1. The molecule has 0 spiro atoms. The first-order valence-corrected chi connectivity index (χ1v) is 6.20. The highest BCUT2D eigenvalue weighted by Gasteiger charge is 2.18. The van der Waals surface area contributed by atoms with Crippen molar-refractivity contribution >= 4 is 40.5 Å². The van der Waals surface area contributed by atoms with E-state index in [-0.39, 0.29) is 21.4 Å². The van der Waals surface area contributed by atoms with Crippen LogP contribution >= 0.6 is 23.2 Å². The second kappa shape index (κ2) is 6.02. The molecule has 0 aliphatic carbocycles. The number of hydrogen-bond acceptors (Lipinski definition) is 4. The third-order valence-electron chi connectivity index (χ3n) is 2.46. The van der Waals surface area contributed by atoms with Crippen molar-refractivity contribution in [3.8, 4) is 0 Å². The monoisotopic (exact) mass is 329 g/mol. The maximum atomic E-state index is 13.2. The number of nitro benzene ring substituents is 1. The van der Waals surface area contributed by atoms with Gasteiger partial charge >= 0.3 is 0 Å². The van der Waals surface area contributed by atoms with Gasteiger partial charge in [-0.25, -0.2) is 9.37 Å². The van der Waals surface area contributed by atoms with E-state index in [1.165, 1.54) is 6.07 Å². The minimum Gasteiger partial charge on any atom is -0.316 e. The van der Waals surface area contributed by atoms with E-state index in [4.69, 9.17) is 23.2 Å². The fraction of sp³-hybridized carbons (Fsp3) is 0. The minimum absolute atomic E-state index is 0.0185. The van der Waals surface area contributed by atoms with E-state index in [2.05, 4.69) is 10.3 Å². The summed E-state index contributed by atoms with van der Waals surface area (Å²) in [5.74, 6) is -1.45. The van der Waals surface area contributed by atoms with E-state index >= 15 is 0 Å². The van der Waals surface area contributed by atoms with E-state index < -0.39 is 22.3 Å². The van der Waals surface area contributed by atoms with E-state index in [1.807, 2.05) is 0 Å². The summed E-state index contributed by atoms with van der Waals surface area (Å²) in [5, 5.41) is 13.1. The van der Waals surface area contributed by atoms with E-state index in [0.717, 1.165) is 24.4 Å². The van der Waals surface area contributed by atoms with Gasteiger partial charge in [0.1, 0.15) is 16.7 Å². The van der Waals surface area contributed by atoms with Crippen molar-refractivity contribution in [1.82, 2.24) is 4.98 Å². The lowest BCUT2D eigenvalue weighted by atomic mass is 10.2. The maximum absolute atomic E-state index is 13.2. The molecule has 0 aliphatic rings. The predicted molar refractivity (Wildman–Crippen MR) is 75.3 cm³/mol. The van der Waals surface area contributed by atoms with Crippen LogP contribution in [0.15, 0.2) is 30.5 Å². The molecule has 1 aromatic carbocycles. The van der Waals surface area contributed by atoms with Gasteiger partial charge in [-0.2, -0.15) is 0 Å². The Labute approximate surface area is 127 Å². The van der Waals surface area contributed by atoms with Crippen LogP contribution in [-0.2, 0) is 0 Å². The summed E-state index contributed by atoms with van der Waals surface area (Å²) < 4.78 is 13.2. The highest BCUT2D eigenvalue weighted by atomic mass is 35.5. The zero-order valence-electron chi connectivity index (χ0n) is 10.1. The third-order valence-corrected chi connectivity index (χ3v) is 3.15. The fourth-order valence-electron chi connectivity index (χ4n) is 1.51. The molecule has 0 fully saturated rings. The summed E-state index contributed by atoms with van der Waals surface area (Å²) in [6, 6.07) is 3.98. The van der Waals surface area contributed by atoms with Crippen LogP contribution in [0.2, 0.25) is 10.2 Å². The minimum atomic E-state index is -0.734. The van der Waals surface area contributed by atoms with Crippen molar-refractivity contribution in [2.45, 2.75) is 0 Å². The molecule has 1 amide bonds. The zero-order valence-corrected chi connectivity index (χ0v) is 11.7. The standard InChI is InChI=1S/C12H6Cl2FN3O3/c13-8-3-6(5-16-11(8)14)12(19)17-9-4-7(15)1-2-10(9)18(20)21/h1-5H,(H,17,19). The van der Waals surface area contributed by atoms with Crippen LogP contribution in [0.1, 0.15) is 10.4 Å². The average Bonchev–Trinajstić information content (AvgIpc) is 2.41. The van der Waals surface area contributed by atoms with E-state index in [0.29, 0.717) is 0 Å². The van der Waals surface area contributed by atoms with Gasteiger partial charge in [0.25, 0.3) is 11.6 Å². The number of anilines is 1. The first-order valence-electron chi connectivity index (χ1n) is 5.45. The van der Waals surface area contributed by atoms with Crippen LogP contribution in [0.5, 0.6) is 0 Å². The van der Waals surface area contributed by atoms with Gasteiger partial charge in [0.2, 0.25) is 0 Å². The molecule has 1 heterocycles. The third kappa shape index (κ3) is 3.45. The van der Waals surface area contributed by atoms with Crippen molar-refractivity contribution in [3.63, 3.8) is 0 Å². The second-order valence-electron chi connectivity index (χ2n) is 3.87. The molecule has 9 heteroatoms. The van der Waals surface area contributed by atoms with Crippen molar-refractivity contribution < 1.29 is 14.1 Å². The van der Waals surface area contributed by atoms with Crippen molar-refractivity contribution in [3.05, 3.63) is 62.1 Å². The first kappa shape index (κ1) is 15.1. The topological polar surface area (TPSA) is 85.1 Å². The fourth-order valence-corrected chi connectivity index (χ4v) is 1.78. The summed E-state index contributed by atoms with van der Waals surface area (Å²) in [5.41, 5.74) is -0.670. The van der Waals surface area contributed by atoms with Crippen LogP contribution in [0.3, 0.4) is 0 Å². The largest absolute Gasteiger partial charge is 0.316 e. The molecule has 6 nitrogen and oxygen atoms in total. The molecule has 0 radical (unpaired) electrons. The SMILES string of the molecule is O=C(Nc1cc(F)ccc1[N+](=O)[O-])c1cnc(Cl)c(Cl)c1. The van der Waals surface area contributed by atoms with Gasteiger partial charge in [-0.05, 0) is 12.1 Å². The summed E-state index contributed by atoms with van der Waals surface area (Å²) in [6.07, 6.45) is 1.15. The summed E-state index contributed by atoms with van der Waals surface area (Å²) >= 11 is 11.3. The number of amides is 1. The van der Waals surface area contributed by atoms with Crippen molar-refractivity contribution in [2.24, 2.45) is 0 Å². The number of aromatic nitrogens is 1. The summed E-state index contributed by atoms with van der Waals surface area (Å²) in [6.45, 7) is 0. The molecule has 0 bridgehead atoms. The number of nitrogens with zero attached hydrogens (tertiary/aromatic N) is 2. The number of benzene rings is 1. The average molecular weight is 330 g/mol. The molecule has 0 atom stereocenters. The van der Waals surface area contributed by atoms with Gasteiger partial charge in [-0.15, -0.1) is 0 Å². The number of hydrogen-bond donors (Lipinski definition) is 1. The molecule has 0 saturated carbocycles. The van der Waals surface area contributed by atoms with Crippen LogP contribution in [-0.4, -0.2) is 15.8 Å². The molecule has 108 valence electrons. The second-order valence-corrected chi connectivity index (χ2v) is 4.63. The number of rotatable bonds is 3. The Hall–Kier alpha value is -2.25. The normalized spacial score (nSPS) is 10.2. The lowest BCUT2D eigenvalue weighted by Crippen LogP contribution is -2.13. The van der Waals surface area contributed by atoms with Gasteiger partial charge in [-0.3, -0.25) is 14.9 Å². The zero-order chi connectivity index (χ0) is 15.6. The number of nitrogens with one attached hydrogen (secondary N) is 1. The number of carbonyl (C=O) groups excluding carboxylic acids is 1. The molecule has 0 aliphatic heterocycles. The quantitative estimate of drug-likeness (QED) is 0.528. The summed E-state index contributed by atoms with van der Waals surface area (Å²) in [4.78, 5) is 25.7. The van der Waals surface area contributed by atoms with Gasteiger partial charge in [0, 0.05) is 18.3 Å². The van der Waals surface area contributed by atoms with Crippen molar-refractivity contribution in [1.29, 1.82) is 0 Å². The predicted octanol–water partition coefficient (Wildman–Crippen LogP) is 3.69. The Bertz CT molecular complexity index is 740. The lowest BCUT2D eigenvalue weighted by Gasteiger charge is -2.06. The van der Waals surface area contributed by atoms with Gasteiger partial charge < -0.3 is 5.32 Å². The number of pyridine rings is 1. The van der Waals surface area contributed by atoms with Gasteiger partial charge in [0.05, 0.1) is 15.5 Å². The van der Waals surface area contributed by atoms with Crippen LogP contribution in [0, 0.1) is 15.9 Å². The summed E-state index contributed by atoms with van der Waals surface area (Å²) in [7, 11) is 0. The van der Waals surface area contributed by atoms with Crippen LogP contribution < -0.4 is 5.32 Å². The lowest BCUT2D eigenvalue weighted by molar-refractivity contribution is -0.384. The van der Waals surface area contributed by atoms with Gasteiger partial charge in [0.15, 0.2) is 0 Å². The molecular weight excluding hydrogens is 324 g/mol. The molecule has 1 N–H and O–H groups in total. The number of carbonyl (C=O) groups is 1. The van der Waals surface area contributed by atoms with Crippen LogP contribution in [0.4, 0.5) is 15.8 Å². The Morgan fingerprint density at radius 2 is 2.05 bits per heavy atom. The molecule has 0 saturated heterocycles. The molecular formula is C12H6Cl2FN3O3. The Morgan fingerprint density at radius 3 is 2.67 bits per heavy atom. The number of halogens is 3. The van der Waals surface area contributed by atoms with E-state index in [1.54, 1.807) is 0 Å². The van der Waals surface area contributed by atoms with Gasteiger partial charge in [-0.1, -0.05) is 23.2 Å². The first-order chi connectivity index (χ1) is 9.88. The maximum Gasteiger partial charge on any atom is 0.292 e. The highest BCUT2D eigenvalue weighted by molar-refractivity contribution is 6.41. The van der Waals surface area contributed by atoms with Crippen molar-refractivity contribution in [2.75, 3.05) is 5.32 Å². The highest BCUT2D eigenvalue weighted by Crippen LogP contribution is 2.26. The Kier molecular flexibility index (Phi) is 4.35. The van der Waals surface area contributed by atoms with Crippen LogP contribution in [0.25, 0.3) is 0 Å².